The summed E-state index contributed by atoms with van der Waals surface area (Å²) in [6.45, 7) is 5.50. The van der Waals surface area contributed by atoms with Gasteiger partial charge in [-0.25, -0.2) is 4.79 Å². The van der Waals surface area contributed by atoms with Gasteiger partial charge in [-0.2, -0.15) is 4.68 Å². The molecule has 0 atom stereocenters. The number of rotatable bonds is 2. The van der Waals surface area contributed by atoms with Crippen LogP contribution in [-0.2, 0) is 4.74 Å². The summed E-state index contributed by atoms with van der Waals surface area (Å²) in [4.78, 5) is 12.4. The van der Waals surface area contributed by atoms with Gasteiger partial charge in [0.05, 0.1) is 5.52 Å². The number of benzene rings is 2. The Labute approximate surface area is 134 Å². The zero-order chi connectivity index (χ0) is 16.4. The molecule has 0 bridgehead atoms. The van der Waals surface area contributed by atoms with Crippen LogP contribution in [0.4, 0.5) is 16.3 Å². The molecule has 5 nitrogen and oxygen atoms in total. The van der Waals surface area contributed by atoms with Crippen LogP contribution >= 0.6 is 0 Å². The molecular weight excluding hydrogens is 290 g/mol. The van der Waals surface area contributed by atoms with Crippen LogP contribution in [0.1, 0.15) is 20.8 Å². The zero-order valence-corrected chi connectivity index (χ0v) is 13.4. The van der Waals surface area contributed by atoms with Crippen LogP contribution in [0.15, 0.2) is 54.6 Å². The van der Waals surface area contributed by atoms with E-state index in [1.807, 2.05) is 75.4 Å². The third kappa shape index (κ3) is 3.34. The molecule has 0 amide bonds. The highest BCUT2D eigenvalue weighted by atomic mass is 16.6. The number of carbonyl (C=O) groups is 1. The minimum atomic E-state index is -0.572. The number of hydrogen-bond acceptors (Lipinski definition) is 4. The van der Waals surface area contributed by atoms with Crippen LogP contribution in [0, 0.1) is 0 Å². The van der Waals surface area contributed by atoms with Gasteiger partial charge >= 0.3 is 6.09 Å². The molecule has 0 aliphatic rings. The summed E-state index contributed by atoms with van der Waals surface area (Å²) < 4.78 is 6.73. The molecule has 2 aromatic carbocycles. The van der Waals surface area contributed by atoms with Crippen molar-refractivity contribution in [3.05, 3.63) is 54.6 Å². The number of aromatic nitrogens is 2. The third-order valence-corrected chi connectivity index (χ3v) is 3.19. The van der Waals surface area contributed by atoms with Crippen LogP contribution in [0.5, 0.6) is 0 Å². The zero-order valence-electron chi connectivity index (χ0n) is 13.4. The highest BCUT2D eigenvalue weighted by molar-refractivity contribution is 5.96. The molecule has 0 saturated carbocycles. The predicted molar refractivity (Wildman–Crippen MR) is 91.1 cm³/mol. The largest absolute Gasteiger partial charge is 0.442 e. The monoisotopic (exact) mass is 309 g/mol. The van der Waals surface area contributed by atoms with Gasteiger partial charge in [-0.3, -0.25) is 0 Å². The molecular formula is C18H19N3O2. The Morgan fingerprint density at radius 3 is 2.39 bits per heavy atom. The smallest absolute Gasteiger partial charge is 0.435 e. The molecule has 118 valence electrons. The Morgan fingerprint density at radius 2 is 1.70 bits per heavy atom. The maximum atomic E-state index is 12.4. The first-order chi connectivity index (χ1) is 10.9. The predicted octanol–water partition coefficient (Wildman–Crippen LogP) is 4.56. The van der Waals surface area contributed by atoms with E-state index in [4.69, 9.17) is 4.74 Å². The topological polar surface area (TPSA) is 56.2 Å². The molecule has 0 fully saturated rings. The van der Waals surface area contributed by atoms with Crippen molar-refractivity contribution in [3.8, 4) is 0 Å². The second-order valence-corrected chi connectivity index (χ2v) is 6.25. The van der Waals surface area contributed by atoms with Crippen LogP contribution in [0.3, 0.4) is 0 Å². The average molecular weight is 309 g/mol. The molecule has 3 aromatic rings. The summed E-state index contributed by atoms with van der Waals surface area (Å²) in [5.74, 6) is 0.623. The van der Waals surface area contributed by atoms with Gasteiger partial charge in [-0.15, -0.1) is 5.10 Å². The van der Waals surface area contributed by atoms with Crippen molar-refractivity contribution in [2.75, 3.05) is 5.32 Å². The van der Waals surface area contributed by atoms with Gasteiger partial charge in [0.25, 0.3) is 0 Å². The highest BCUT2D eigenvalue weighted by Crippen LogP contribution is 2.26. The number of nitrogens with zero attached hydrogens (tertiary/aromatic N) is 2. The molecule has 1 N–H and O–H groups in total. The standard InChI is InChI=1S/C18H19N3O2/c1-18(2,3)23-17(22)21-15-12-8-7-11-14(15)16(20-21)19-13-9-5-4-6-10-13/h4-12H,1-3H3,(H,19,20). The quantitative estimate of drug-likeness (QED) is 0.753. The van der Waals surface area contributed by atoms with Crippen LogP contribution < -0.4 is 5.32 Å². The number of ether oxygens (including phenoxy) is 1. The van der Waals surface area contributed by atoms with Crippen LogP contribution in [0.25, 0.3) is 10.9 Å². The fourth-order valence-electron chi connectivity index (χ4n) is 2.26. The highest BCUT2D eigenvalue weighted by Gasteiger charge is 2.21. The summed E-state index contributed by atoms with van der Waals surface area (Å²) in [5, 5.41) is 8.51. The number of para-hydroxylation sites is 2. The van der Waals surface area contributed by atoms with Gasteiger partial charge in [0.1, 0.15) is 5.60 Å². The summed E-state index contributed by atoms with van der Waals surface area (Å²) in [6, 6.07) is 17.3. The summed E-state index contributed by atoms with van der Waals surface area (Å²) in [7, 11) is 0. The Hall–Kier alpha value is -2.82. The van der Waals surface area contributed by atoms with E-state index in [-0.39, 0.29) is 0 Å². The number of nitrogens with one attached hydrogen (secondary N) is 1. The van der Waals surface area contributed by atoms with Gasteiger partial charge in [0.2, 0.25) is 0 Å². The Kier molecular flexibility index (Phi) is 3.78. The van der Waals surface area contributed by atoms with Crippen LogP contribution in [-0.4, -0.2) is 21.5 Å². The van der Waals surface area contributed by atoms with E-state index in [1.54, 1.807) is 0 Å². The summed E-state index contributed by atoms with van der Waals surface area (Å²) in [6.07, 6.45) is -0.491. The number of carbonyl (C=O) groups excluding carboxylic acids is 1. The van der Waals surface area contributed by atoms with Crippen molar-refractivity contribution >= 4 is 28.5 Å². The van der Waals surface area contributed by atoms with Crippen molar-refractivity contribution < 1.29 is 9.53 Å². The van der Waals surface area contributed by atoms with E-state index < -0.39 is 11.7 Å². The molecule has 23 heavy (non-hydrogen) atoms. The molecule has 0 unspecified atom stereocenters. The lowest BCUT2D eigenvalue weighted by atomic mass is 10.2. The number of fused-ring (bicyclic) bond motifs is 1. The summed E-state index contributed by atoms with van der Waals surface area (Å²) >= 11 is 0. The van der Waals surface area contributed by atoms with Gasteiger partial charge in [-0.1, -0.05) is 30.3 Å². The molecule has 0 aliphatic heterocycles. The minimum Gasteiger partial charge on any atom is -0.442 e. The number of hydrogen-bond donors (Lipinski definition) is 1. The molecule has 5 heteroatoms. The SMILES string of the molecule is CC(C)(C)OC(=O)n1nc(Nc2ccccc2)c2ccccc21. The Morgan fingerprint density at radius 1 is 1.04 bits per heavy atom. The average Bonchev–Trinajstić information content (AvgIpc) is 2.86. The molecule has 3 rings (SSSR count). The van der Waals surface area contributed by atoms with Gasteiger partial charge in [0.15, 0.2) is 5.82 Å². The van der Waals surface area contributed by atoms with E-state index in [2.05, 4.69) is 10.4 Å². The maximum absolute atomic E-state index is 12.4. The van der Waals surface area contributed by atoms with Crippen molar-refractivity contribution in [3.63, 3.8) is 0 Å². The normalized spacial score (nSPS) is 11.4. The van der Waals surface area contributed by atoms with E-state index in [0.29, 0.717) is 11.3 Å². The van der Waals surface area contributed by atoms with Gasteiger partial charge < -0.3 is 10.1 Å². The fourth-order valence-corrected chi connectivity index (χ4v) is 2.26. The first kappa shape index (κ1) is 15.1. The van der Waals surface area contributed by atoms with Gasteiger partial charge in [0, 0.05) is 11.1 Å². The molecule has 0 radical (unpaired) electrons. The van der Waals surface area contributed by atoms with Crippen molar-refractivity contribution in [2.45, 2.75) is 26.4 Å². The first-order valence-electron chi connectivity index (χ1n) is 7.47. The van der Waals surface area contributed by atoms with Crippen molar-refractivity contribution in [1.82, 2.24) is 9.78 Å². The second-order valence-electron chi connectivity index (χ2n) is 6.25. The molecule has 1 heterocycles. The van der Waals surface area contributed by atoms with E-state index >= 15 is 0 Å². The molecule has 1 aromatic heterocycles. The maximum Gasteiger partial charge on any atom is 0.435 e. The van der Waals surface area contributed by atoms with Crippen molar-refractivity contribution in [2.24, 2.45) is 0 Å². The van der Waals surface area contributed by atoms with E-state index in [1.165, 1.54) is 4.68 Å². The third-order valence-electron chi connectivity index (χ3n) is 3.19. The van der Waals surface area contributed by atoms with E-state index in [0.717, 1.165) is 11.1 Å². The Bertz CT molecular complexity index is 832. The second kappa shape index (κ2) is 5.76. The van der Waals surface area contributed by atoms with Crippen LogP contribution in [0.2, 0.25) is 0 Å². The van der Waals surface area contributed by atoms with E-state index in [9.17, 15) is 4.79 Å². The molecule has 0 saturated heterocycles. The Balaban J connectivity index is 2.02. The molecule has 0 aliphatic carbocycles. The lowest BCUT2D eigenvalue weighted by Crippen LogP contribution is -2.27. The lowest BCUT2D eigenvalue weighted by Gasteiger charge is -2.19. The first-order valence-corrected chi connectivity index (χ1v) is 7.47. The number of anilines is 2. The molecule has 0 spiro atoms. The lowest BCUT2D eigenvalue weighted by molar-refractivity contribution is 0.0523. The minimum absolute atomic E-state index is 0.491. The van der Waals surface area contributed by atoms with Gasteiger partial charge in [-0.05, 0) is 45.0 Å². The summed E-state index contributed by atoms with van der Waals surface area (Å²) in [5.41, 5.74) is 1.05. The van der Waals surface area contributed by atoms with Crippen molar-refractivity contribution in [1.29, 1.82) is 0 Å². The fraction of sp³-hybridized carbons (Fsp3) is 0.222.